The van der Waals surface area contributed by atoms with Crippen LogP contribution in [0.5, 0.6) is 11.5 Å². The topological polar surface area (TPSA) is 184 Å². The summed E-state index contributed by atoms with van der Waals surface area (Å²) in [5.41, 5.74) is 4.23. The van der Waals surface area contributed by atoms with Gasteiger partial charge in [0.2, 0.25) is 5.91 Å². The van der Waals surface area contributed by atoms with Crippen LogP contribution in [0.4, 0.5) is 9.59 Å². The Kier molecular flexibility index (Phi) is 11.1. The summed E-state index contributed by atoms with van der Waals surface area (Å²) in [4.78, 5) is 72.9. The summed E-state index contributed by atoms with van der Waals surface area (Å²) in [5, 5.41) is 5.27. The van der Waals surface area contributed by atoms with Crippen LogP contribution in [0.3, 0.4) is 0 Å². The first kappa shape index (κ1) is 38.5. The van der Waals surface area contributed by atoms with Crippen molar-refractivity contribution in [1.82, 2.24) is 40.4 Å². The Morgan fingerprint density at radius 1 is 0.821 bits per heavy atom. The second kappa shape index (κ2) is 16.1. The molecule has 0 aliphatic carbocycles. The van der Waals surface area contributed by atoms with Crippen LogP contribution in [0.15, 0.2) is 69.9 Å². The second-order valence-electron chi connectivity index (χ2n) is 14.6. The zero-order chi connectivity index (χ0) is 39.7. The number of amides is 4. The van der Waals surface area contributed by atoms with E-state index in [1.54, 1.807) is 47.8 Å². The molecule has 4 amide bonds. The number of H-pyrrole nitrogens is 2. The molecule has 15 nitrogen and oxygen atoms in total. The molecule has 56 heavy (non-hydrogen) atoms. The number of carbonyl (C=O) groups is 4. The number of carbonyl (C=O) groups excluding carboxylic acids is 4. The minimum absolute atomic E-state index is 0.123. The predicted octanol–water partition coefficient (Wildman–Crippen LogP) is 7.08. The van der Waals surface area contributed by atoms with Gasteiger partial charge in [0.1, 0.15) is 34.9 Å². The highest BCUT2D eigenvalue weighted by Gasteiger charge is 2.38. The number of aromatic nitrogens is 4. The largest absolute Gasteiger partial charge is 0.455 e. The van der Waals surface area contributed by atoms with Crippen LogP contribution in [0, 0.1) is 5.92 Å². The molecule has 4 aromatic rings. The number of nitrogens with zero attached hydrogens (tertiary/aromatic N) is 4. The molecule has 294 valence electrons. The molecule has 3 aliphatic heterocycles. The number of imidazole rings is 2. The molecule has 2 aromatic heterocycles. The van der Waals surface area contributed by atoms with Crippen molar-refractivity contribution in [3.63, 3.8) is 0 Å². The van der Waals surface area contributed by atoms with Gasteiger partial charge in [0.15, 0.2) is 0 Å². The van der Waals surface area contributed by atoms with Gasteiger partial charge >= 0.3 is 12.2 Å². The van der Waals surface area contributed by atoms with Crippen molar-refractivity contribution >= 4 is 35.8 Å². The van der Waals surface area contributed by atoms with Crippen molar-refractivity contribution in [2.75, 3.05) is 27.3 Å². The summed E-state index contributed by atoms with van der Waals surface area (Å²) < 4.78 is 16.0. The number of methoxy groups -OCH3 is 2. The van der Waals surface area contributed by atoms with Gasteiger partial charge in [-0.3, -0.25) is 14.9 Å². The highest BCUT2D eigenvalue weighted by molar-refractivity contribution is 7.99. The van der Waals surface area contributed by atoms with Crippen molar-refractivity contribution in [3.05, 3.63) is 71.7 Å². The first-order chi connectivity index (χ1) is 26.9. The van der Waals surface area contributed by atoms with Crippen LogP contribution in [0.1, 0.15) is 77.1 Å². The zero-order valence-corrected chi connectivity index (χ0v) is 33.0. The van der Waals surface area contributed by atoms with Crippen LogP contribution in [-0.4, -0.2) is 87.1 Å². The summed E-state index contributed by atoms with van der Waals surface area (Å²) in [7, 11) is 2.55. The minimum Gasteiger partial charge on any atom is -0.455 e. The lowest BCUT2D eigenvalue weighted by molar-refractivity contribution is -0.135. The number of hydrogen-bond donors (Lipinski definition) is 4. The van der Waals surface area contributed by atoms with Gasteiger partial charge in [0.25, 0.3) is 5.91 Å². The molecule has 2 saturated heterocycles. The van der Waals surface area contributed by atoms with Crippen LogP contribution >= 0.6 is 11.8 Å². The third-order valence-corrected chi connectivity index (χ3v) is 11.5. The Hall–Kier alpha value is -5.77. The van der Waals surface area contributed by atoms with Gasteiger partial charge in [-0.05, 0) is 75.3 Å². The normalized spacial score (nSPS) is 17.8. The Morgan fingerprint density at radius 3 is 1.88 bits per heavy atom. The minimum atomic E-state index is -0.709. The highest BCUT2D eigenvalue weighted by atomic mass is 32.2. The number of nitrogens with one attached hydrogen (secondary N) is 4. The lowest BCUT2D eigenvalue weighted by Gasteiger charge is -2.30. The van der Waals surface area contributed by atoms with Gasteiger partial charge in [0.05, 0.1) is 59.9 Å². The van der Waals surface area contributed by atoms with Gasteiger partial charge in [-0.15, -0.1) is 0 Å². The number of aromatic amines is 2. The zero-order valence-electron chi connectivity index (χ0n) is 32.2. The Bertz CT molecular complexity index is 2190. The number of ether oxygens (including phenoxy) is 3. The average molecular weight is 783 g/mol. The number of fused-ring (bicyclic) bond motifs is 2. The summed E-state index contributed by atoms with van der Waals surface area (Å²) >= 11 is 1.62. The van der Waals surface area contributed by atoms with Crippen LogP contribution in [0.2, 0.25) is 0 Å². The SMILES string of the molecule is COC(=O)NC(C(=O)N1CCC[C@H]1c1ncc(-c2ccc3c(c2)Oc2cc(-c4cnc([C@@H]5CCCN5C(=O)[C@@H](NC(=O)OC)C(C)C)[nH]4)ccc2S3)[nH]1)=C(C)C. The van der Waals surface area contributed by atoms with E-state index in [-0.39, 0.29) is 35.5 Å². The van der Waals surface area contributed by atoms with E-state index in [0.717, 1.165) is 58.0 Å². The number of hydrogen-bond acceptors (Lipinski definition) is 10. The number of allylic oxidation sites excluding steroid dienone is 1. The average Bonchev–Trinajstić information content (AvgIpc) is 4.03. The number of rotatable bonds is 9. The monoisotopic (exact) mass is 782 g/mol. The first-order valence-corrected chi connectivity index (χ1v) is 19.5. The van der Waals surface area contributed by atoms with Gasteiger partial charge < -0.3 is 39.3 Å². The second-order valence-corrected chi connectivity index (χ2v) is 15.7. The molecule has 2 aromatic carbocycles. The molecule has 0 unspecified atom stereocenters. The molecule has 16 heteroatoms. The van der Waals surface area contributed by atoms with Crippen molar-refractivity contribution < 1.29 is 33.4 Å². The fourth-order valence-corrected chi connectivity index (χ4v) is 8.31. The summed E-state index contributed by atoms with van der Waals surface area (Å²) in [6.07, 6.45) is 5.33. The third kappa shape index (κ3) is 7.70. The van der Waals surface area contributed by atoms with Gasteiger partial charge in [-0.1, -0.05) is 37.7 Å². The maximum atomic E-state index is 13.6. The molecule has 0 spiro atoms. The van der Waals surface area contributed by atoms with Crippen LogP contribution in [-0.2, 0) is 19.1 Å². The lowest BCUT2D eigenvalue weighted by atomic mass is 10.0. The third-order valence-electron chi connectivity index (χ3n) is 10.3. The van der Waals surface area contributed by atoms with E-state index in [2.05, 4.69) is 25.6 Å². The van der Waals surface area contributed by atoms with Gasteiger partial charge in [-0.25, -0.2) is 19.6 Å². The maximum Gasteiger partial charge on any atom is 0.411 e. The molecule has 7 rings (SSSR count). The molecule has 0 bridgehead atoms. The van der Waals surface area contributed by atoms with E-state index in [0.29, 0.717) is 41.8 Å². The fourth-order valence-electron chi connectivity index (χ4n) is 7.40. The molecule has 2 fully saturated rings. The summed E-state index contributed by atoms with van der Waals surface area (Å²) in [5.74, 6) is 2.21. The fraction of sp³-hybridized carbons (Fsp3) is 0.400. The molecule has 0 saturated carbocycles. The number of likely N-dealkylation sites (tertiary alicyclic amines) is 2. The van der Waals surface area contributed by atoms with Crippen molar-refractivity contribution in [1.29, 1.82) is 0 Å². The molecular formula is C40H46N8O7S. The summed E-state index contributed by atoms with van der Waals surface area (Å²) in [6, 6.07) is 10.8. The summed E-state index contributed by atoms with van der Waals surface area (Å²) in [6.45, 7) is 8.44. The van der Waals surface area contributed by atoms with Crippen molar-refractivity contribution in [3.8, 4) is 34.0 Å². The van der Waals surface area contributed by atoms with Gasteiger partial charge in [-0.2, -0.15) is 0 Å². The molecule has 0 radical (unpaired) electrons. The predicted molar refractivity (Wildman–Crippen MR) is 208 cm³/mol. The highest BCUT2D eigenvalue weighted by Crippen LogP contribution is 2.49. The molecular weight excluding hydrogens is 737 g/mol. The van der Waals surface area contributed by atoms with E-state index in [1.807, 2.05) is 50.2 Å². The van der Waals surface area contributed by atoms with E-state index in [4.69, 9.17) is 19.2 Å². The maximum absolute atomic E-state index is 13.6. The first-order valence-electron chi connectivity index (χ1n) is 18.7. The van der Waals surface area contributed by atoms with E-state index in [9.17, 15) is 19.2 Å². The smallest absolute Gasteiger partial charge is 0.411 e. The van der Waals surface area contributed by atoms with Gasteiger partial charge in [0, 0.05) is 24.2 Å². The quantitative estimate of drug-likeness (QED) is 0.113. The Balaban J connectivity index is 1.06. The standard InChI is InChI=1S/C40H46N8O7S/c1-21(2)33(45-39(51)53-5)37(49)47-15-7-9-27(47)35-41-19-25(43-35)23-11-13-31-29(17-23)55-30-18-24(12-14-32(30)56-31)26-20-42-36(44-26)28-10-8-16-48(28)38(50)34(22(3)4)46-40(52)54-6/h11-14,17-21,27-28,33H,7-10,15-16H2,1-6H3,(H,41,43)(H,42,44)(H,45,51)(H,46,52)/t27-,28-,33-/m0/s1. The van der Waals surface area contributed by atoms with E-state index in [1.165, 1.54) is 14.2 Å². The van der Waals surface area contributed by atoms with Crippen molar-refractivity contribution in [2.24, 2.45) is 5.92 Å². The molecule has 3 atom stereocenters. The van der Waals surface area contributed by atoms with E-state index < -0.39 is 18.2 Å². The van der Waals surface area contributed by atoms with Crippen molar-refractivity contribution in [2.45, 2.75) is 81.3 Å². The lowest BCUT2D eigenvalue weighted by Crippen LogP contribution is -2.51. The number of benzene rings is 2. The van der Waals surface area contributed by atoms with Crippen LogP contribution < -0.4 is 15.4 Å². The van der Waals surface area contributed by atoms with E-state index >= 15 is 0 Å². The number of alkyl carbamates (subject to hydrolysis) is 2. The molecule has 3 aliphatic rings. The molecule has 4 N–H and O–H groups in total. The van der Waals surface area contributed by atoms with Crippen LogP contribution in [0.25, 0.3) is 22.5 Å². The Labute approximate surface area is 329 Å². The molecule has 5 heterocycles. The Morgan fingerprint density at radius 2 is 1.36 bits per heavy atom.